The van der Waals surface area contributed by atoms with Crippen molar-refractivity contribution in [2.75, 3.05) is 5.32 Å². The van der Waals surface area contributed by atoms with E-state index in [1.165, 1.54) is 12.1 Å². The lowest BCUT2D eigenvalue weighted by molar-refractivity contribution is -0.163. The number of nitrogens with zero attached hydrogens (tertiary/aromatic N) is 1. The summed E-state index contributed by atoms with van der Waals surface area (Å²) in [5.74, 6) is -2.71. The smallest absolute Gasteiger partial charge is 0.411 e. The lowest BCUT2D eigenvalue weighted by Gasteiger charge is -2.20. The number of hydrogen-bond donors (Lipinski definition) is 2. The predicted octanol–water partition coefficient (Wildman–Crippen LogP) is 3.42. The van der Waals surface area contributed by atoms with Crippen molar-refractivity contribution >= 4 is 23.5 Å². The molecule has 1 fully saturated rings. The molecule has 0 unspecified atom stereocenters. The van der Waals surface area contributed by atoms with Crippen molar-refractivity contribution in [3.05, 3.63) is 53.1 Å². The van der Waals surface area contributed by atoms with Gasteiger partial charge < -0.3 is 15.4 Å². The van der Waals surface area contributed by atoms with E-state index in [0.29, 0.717) is 5.56 Å². The van der Waals surface area contributed by atoms with Crippen molar-refractivity contribution in [3.8, 4) is 5.75 Å². The first-order valence-corrected chi connectivity index (χ1v) is 10.0. The van der Waals surface area contributed by atoms with Gasteiger partial charge in [-0.25, -0.2) is 4.39 Å². The summed E-state index contributed by atoms with van der Waals surface area (Å²) in [6.45, 7) is 3.20. The molecule has 0 spiro atoms. The van der Waals surface area contributed by atoms with Crippen LogP contribution in [0.5, 0.6) is 5.75 Å². The monoisotopic (exact) mass is 465 g/mol. The predicted molar refractivity (Wildman–Crippen MR) is 107 cm³/mol. The average molecular weight is 465 g/mol. The minimum atomic E-state index is -4.57. The Kier molecular flexibility index (Phi) is 5.18. The SMILES string of the molecule is CC1(C)C(=O)Oc2cc(CC(=O)Nc3ccnc(C(=O)NC4(C(F)(F)F)CC4)c3)c(F)cc21. The van der Waals surface area contributed by atoms with Gasteiger partial charge in [0, 0.05) is 23.0 Å². The maximum absolute atomic E-state index is 14.5. The van der Waals surface area contributed by atoms with Crippen LogP contribution in [0, 0.1) is 5.82 Å². The fourth-order valence-electron chi connectivity index (χ4n) is 3.54. The molecule has 33 heavy (non-hydrogen) atoms. The van der Waals surface area contributed by atoms with Crippen LogP contribution in [0.3, 0.4) is 0 Å². The van der Waals surface area contributed by atoms with Gasteiger partial charge in [-0.2, -0.15) is 13.2 Å². The molecule has 2 heterocycles. The summed E-state index contributed by atoms with van der Waals surface area (Å²) < 4.78 is 58.9. The number of aromatic nitrogens is 1. The minimum absolute atomic E-state index is 0.00961. The second kappa shape index (κ2) is 7.53. The topological polar surface area (TPSA) is 97.4 Å². The third kappa shape index (κ3) is 4.14. The highest BCUT2D eigenvalue weighted by molar-refractivity contribution is 5.97. The number of rotatable bonds is 5. The van der Waals surface area contributed by atoms with Crippen molar-refractivity contribution in [1.82, 2.24) is 10.3 Å². The largest absolute Gasteiger partial charge is 0.426 e. The fourth-order valence-corrected chi connectivity index (χ4v) is 3.54. The highest BCUT2D eigenvalue weighted by Gasteiger charge is 2.64. The molecule has 2 N–H and O–H groups in total. The quantitative estimate of drug-likeness (QED) is 0.401. The van der Waals surface area contributed by atoms with Gasteiger partial charge in [-0.15, -0.1) is 0 Å². The number of hydrogen-bond acceptors (Lipinski definition) is 5. The number of anilines is 1. The number of ether oxygens (including phenoxy) is 1. The van der Waals surface area contributed by atoms with Crippen LogP contribution in [0.4, 0.5) is 23.2 Å². The Bertz CT molecular complexity index is 1170. The summed E-state index contributed by atoms with van der Waals surface area (Å²) in [6.07, 6.45) is -4.24. The van der Waals surface area contributed by atoms with Crippen LogP contribution in [-0.4, -0.2) is 34.5 Å². The third-order valence-corrected chi connectivity index (χ3v) is 5.81. The van der Waals surface area contributed by atoms with Gasteiger partial charge in [-0.05, 0) is 51.0 Å². The molecule has 1 aliphatic carbocycles. The molecule has 1 aromatic heterocycles. The number of benzene rings is 1. The van der Waals surface area contributed by atoms with E-state index < -0.39 is 47.2 Å². The van der Waals surface area contributed by atoms with Gasteiger partial charge in [0.1, 0.15) is 22.8 Å². The van der Waals surface area contributed by atoms with E-state index in [9.17, 15) is 31.9 Å². The van der Waals surface area contributed by atoms with E-state index in [-0.39, 0.29) is 35.5 Å². The Morgan fingerprint density at radius 1 is 1.18 bits per heavy atom. The maximum atomic E-state index is 14.5. The van der Waals surface area contributed by atoms with Crippen LogP contribution in [0.25, 0.3) is 0 Å². The summed E-state index contributed by atoms with van der Waals surface area (Å²) in [4.78, 5) is 40.4. The van der Waals surface area contributed by atoms with E-state index in [1.54, 1.807) is 13.8 Å². The Labute approximate surface area is 185 Å². The highest BCUT2D eigenvalue weighted by Crippen LogP contribution is 2.49. The molecule has 2 amide bonds. The summed E-state index contributed by atoms with van der Waals surface area (Å²) in [6, 6.07) is 4.92. The summed E-state index contributed by atoms with van der Waals surface area (Å²) in [5, 5.41) is 4.41. The average Bonchev–Trinajstić information content (AvgIpc) is 3.47. The number of amides is 2. The first-order valence-electron chi connectivity index (χ1n) is 10.0. The Morgan fingerprint density at radius 2 is 1.88 bits per heavy atom. The summed E-state index contributed by atoms with van der Waals surface area (Å²) in [7, 11) is 0. The second-order valence-corrected chi connectivity index (χ2v) is 8.64. The van der Waals surface area contributed by atoms with Gasteiger partial charge in [0.25, 0.3) is 5.91 Å². The number of esters is 1. The summed E-state index contributed by atoms with van der Waals surface area (Å²) in [5.41, 5.74) is -3.08. The first kappa shape index (κ1) is 22.7. The van der Waals surface area contributed by atoms with Gasteiger partial charge >= 0.3 is 12.1 Å². The Hall–Kier alpha value is -3.50. The van der Waals surface area contributed by atoms with E-state index in [0.717, 1.165) is 18.3 Å². The second-order valence-electron chi connectivity index (χ2n) is 8.64. The molecule has 0 bridgehead atoms. The third-order valence-electron chi connectivity index (χ3n) is 5.81. The van der Waals surface area contributed by atoms with Crippen LogP contribution in [-0.2, 0) is 21.4 Å². The molecular formula is C22H19F4N3O4. The van der Waals surface area contributed by atoms with E-state index >= 15 is 0 Å². The number of carbonyl (C=O) groups is 3. The number of pyridine rings is 1. The molecule has 7 nitrogen and oxygen atoms in total. The molecule has 0 saturated heterocycles. The van der Waals surface area contributed by atoms with Crippen LogP contribution < -0.4 is 15.4 Å². The standard InChI is InChI=1S/C22H19F4N3O4/c1-20(2)13-10-14(23)11(7-16(13)33-19(20)32)8-17(30)28-12-3-6-27-15(9-12)18(31)29-21(4-5-21)22(24,25)26/h3,6-7,9-10H,4-5,8H2,1-2H3,(H,29,31)(H,27,28,30). The number of halogens is 4. The lowest BCUT2D eigenvalue weighted by atomic mass is 9.85. The molecule has 2 aromatic rings. The fraction of sp³-hybridized carbons (Fsp3) is 0.364. The maximum Gasteiger partial charge on any atom is 0.411 e. The molecule has 1 aromatic carbocycles. The Balaban J connectivity index is 1.45. The van der Waals surface area contributed by atoms with Crippen LogP contribution in [0.1, 0.15) is 48.3 Å². The van der Waals surface area contributed by atoms with Crippen LogP contribution in [0.15, 0.2) is 30.5 Å². The molecule has 0 radical (unpaired) electrons. The molecule has 174 valence electrons. The van der Waals surface area contributed by atoms with Gasteiger partial charge in [-0.3, -0.25) is 19.4 Å². The van der Waals surface area contributed by atoms with Crippen molar-refractivity contribution in [1.29, 1.82) is 0 Å². The van der Waals surface area contributed by atoms with Gasteiger partial charge in [0.15, 0.2) is 0 Å². The van der Waals surface area contributed by atoms with Gasteiger partial charge in [-0.1, -0.05) is 0 Å². The molecule has 2 aliphatic rings. The number of alkyl halides is 3. The zero-order valence-corrected chi connectivity index (χ0v) is 17.6. The van der Waals surface area contributed by atoms with Crippen molar-refractivity contribution in [2.24, 2.45) is 0 Å². The molecule has 1 saturated carbocycles. The zero-order chi connectivity index (χ0) is 24.2. The molecule has 1 aliphatic heterocycles. The first-order chi connectivity index (χ1) is 15.3. The molecule has 0 atom stereocenters. The number of carbonyl (C=O) groups excluding carboxylic acids is 3. The molecule has 11 heteroatoms. The van der Waals surface area contributed by atoms with Gasteiger partial charge in [0.05, 0.1) is 11.8 Å². The molecular weight excluding hydrogens is 446 g/mol. The number of nitrogens with one attached hydrogen (secondary N) is 2. The Morgan fingerprint density at radius 3 is 2.52 bits per heavy atom. The summed E-state index contributed by atoms with van der Waals surface area (Å²) >= 11 is 0. The van der Waals surface area contributed by atoms with Gasteiger partial charge in [0.2, 0.25) is 5.91 Å². The normalized spacial score (nSPS) is 17.7. The molecule has 4 rings (SSSR count). The van der Waals surface area contributed by atoms with E-state index in [2.05, 4.69) is 10.3 Å². The van der Waals surface area contributed by atoms with Crippen molar-refractivity contribution in [3.63, 3.8) is 0 Å². The van der Waals surface area contributed by atoms with Crippen molar-refractivity contribution < 1.29 is 36.7 Å². The highest BCUT2D eigenvalue weighted by atomic mass is 19.4. The lowest BCUT2D eigenvalue weighted by Crippen LogP contribution is -2.48. The minimum Gasteiger partial charge on any atom is -0.426 e. The van der Waals surface area contributed by atoms with E-state index in [1.807, 2.05) is 5.32 Å². The van der Waals surface area contributed by atoms with Crippen LogP contribution >= 0.6 is 0 Å². The zero-order valence-electron chi connectivity index (χ0n) is 17.6. The van der Waals surface area contributed by atoms with Crippen LogP contribution in [0.2, 0.25) is 0 Å². The van der Waals surface area contributed by atoms with Crippen molar-refractivity contribution in [2.45, 2.75) is 50.2 Å². The van der Waals surface area contributed by atoms with E-state index in [4.69, 9.17) is 4.74 Å². The number of fused-ring (bicyclic) bond motifs is 1.